The molecule has 4 aromatic rings. The number of ether oxygens (including phenoxy) is 1. The minimum Gasteiger partial charge on any atom is -0.497 e. The Labute approximate surface area is 161 Å². The maximum atomic E-state index is 5.26. The van der Waals surface area contributed by atoms with Crippen LogP contribution in [0, 0.1) is 0 Å². The van der Waals surface area contributed by atoms with Crippen molar-refractivity contribution in [1.82, 2.24) is 15.0 Å². The monoisotopic (exact) mass is 377 g/mol. The van der Waals surface area contributed by atoms with Gasteiger partial charge in [0.1, 0.15) is 28.5 Å². The molecule has 4 rings (SSSR count). The lowest BCUT2D eigenvalue weighted by atomic mass is 10.1. The number of thiophene rings is 1. The lowest BCUT2D eigenvalue weighted by Gasteiger charge is -2.12. The van der Waals surface area contributed by atoms with E-state index < -0.39 is 0 Å². The van der Waals surface area contributed by atoms with E-state index in [1.807, 2.05) is 61.6 Å². The van der Waals surface area contributed by atoms with Crippen molar-refractivity contribution in [3.05, 3.63) is 54.3 Å². The van der Waals surface area contributed by atoms with Crippen LogP contribution in [0.25, 0.3) is 21.3 Å². The molecule has 0 saturated heterocycles. The number of nitrogens with one attached hydrogen (secondary N) is 1. The van der Waals surface area contributed by atoms with Crippen LogP contribution in [0.15, 0.2) is 54.3 Å². The average Bonchev–Trinajstić information content (AvgIpc) is 3.14. The highest BCUT2D eigenvalue weighted by Gasteiger charge is 2.13. The molecule has 6 nitrogen and oxygen atoms in total. The Bertz CT molecular complexity index is 1060. The molecule has 1 N–H and O–H groups in total. The summed E-state index contributed by atoms with van der Waals surface area (Å²) < 4.78 is 5.26. The molecule has 7 heteroatoms. The van der Waals surface area contributed by atoms with E-state index in [-0.39, 0.29) is 0 Å². The smallest absolute Gasteiger partial charge is 0.143 e. The predicted molar refractivity (Wildman–Crippen MR) is 111 cm³/mol. The largest absolute Gasteiger partial charge is 0.497 e. The van der Waals surface area contributed by atoms with Gasteiger partial charge in [0, 0.05) is 25.0 Å². The third-order valence-electron chi connectivity index (χ3n) is 4.24. The van der Waals surface area contributed by atoms with Crippen molar-refractivity contribution in [1.29, 1.82) is 0 Å². The Morgan fingerprint density at radius 2 is 1.81 bits per heavy atom. The highest BCUT2D eigenvalue weighted by atomic mass is 32.1. The van der Waals surface area contributed by atoms with Crippen molar-refractivity contribution >= 4 is 38.9 Å². The lowest BCUT2D eigenvalue weighted by molar-refractivity contribution is 0.415. The predicted octanol–water partition coefficient (Wildman–Crippen LogP) is 4.57. The molecule has 0 aliphatic carbocycles. The van der Waals surface area contributed by atoms with Gasteiger partial charge in [-0.2, -0.15) is 0 Å². The molecular formula is C20H19N5OS. The number of anilines is 3. The molecule has 1 aromatic carbocycles. The van der Waals surface area contributed by atoms with E-state index in [9.17, 15) is 0 Å². The third-order valence-corrected chi connectivity index (χ3v) is 5.13. The van der Waals surface area contributed by atoms with Gasteiger partial charge in [-0.05, 0) is 29.8 Å². The molecule has 0 amide bonds. The fraction of sp³-hybridized carbons (Fsp3) is 0.150. The van der Waals surface area contributed by atoms with Gasteiger partial charge in [0.15, 0.2) is 0 Å². The van der Waals surface area contributed by atoms with Gasteiger partial charge < -0.3 is 15.0 Å². The minimum absolute atomic E-state index is 0.770. The molecule has 0 fully saturated rings. The van der Waals surface area contributed by atoms with Crippen LogP contribution in [0.5, 0.6) is 5.75 Å². The van der Waals surface area contributed by atoms with E-state index in [0.717, 1.165) is 44.4 Å². The first kappa shape index (κ1) is 17.2. The van der Waals surface area contributed by atoms with E-state index in [0.29, 0.717) is 0 Å². The summed E-state index contributed by atoms with van der Waals surface area (Å²) in [5.41, 5.74) is 3.08. The van der Waals surface area contributed by atoms with Crippen LogP contribution < -0.4 is 15.0 Å². The summed E-state index contributed by atoms with van der Waals surface area (Å²) in [7, 11) is 5.60. The number of pyridine rings is 1. The molecule has 0 unspecified atom stereocenters. The molecule has 0 aliphatic rings. The Morgan fingerprint density at radius 1 is 1.00 bits per heavy atom. The zero-order valence-electron chi connectivity index (χ0n) is 15.3. The molecule has 0 spiro atoms. The van der Waals surface area contributed by atoms with Crippen LogP contribution in [-0.4, -0.2) is 36.2 Å². The van der Waals surface area contributed by atoms with E-state index in [1.165, 1.54) is 0 Å². The first-order valence-electron chi connectivity index (χ1n) is 8.43. The maximum Gasteiger partial charge on any atom is 0.143 e. The summed E-state index contributed by atoms with van der Waals surface area (Å²) in [4.78, 5) is 16.3. The zero-order chi connectivity index (χ0) is 18.8. The standard InChI is InChI=1S/C20H19N5OS/c1-25(2)17-9-6-14(10-21-17)24-19-18-16(11-27-20(18)23-12-22-19)13-4-7-15(26-3)8-5-13/h4-12H,1-3H3,(H,22,23,24). The average molecular weight is 377 g/mol. The number of hydrogen-bond acceptors (Lipinski definition) is 7. The molecule has 136 valence electrons. The van der Waals surface area contributed by atoms with Crippen LogP contribution in [0.1, 0.15) is 0 Å². The molecular weight excluding hydrogens is 358 g/mol. The summed E-state index contributed by atoms with van der Waals surface area (Å²) in [6.07, 6.45) is 3.39. The van der Waals surface area contributed by atoms with Crippen LogP contribution in [-0.2, 0) is 0 Å². The molecule has 0 bridgehead atoms. The van der Waals surface area contributed by atoms with Crippen molar-refractivity contribution in [3.8, 4) is 16.9 Å². The van der Waals surface area contributed by atoms with Gasteiger partial charge in [-0.3, -0.25) is 0 Å². The summed E-state index contributed by atoms with van der Waals surface area (Å²) >= 11 is 1.61. The highest BCUT2D eigenvalue weighted by molar-refractivity contribution is 7.17. The summed E-state index contributed by atoms with van der Waals surface area (Å²) in [6, 6.07) is 12.0. The quantitative estimate of drug-likeness (QED) is 0.550. The Balaban J connectivity index is 1.73. The summed E-state index contributed by atoms with van der Waals surface area (Å²) in [5.74, 6) is 2.51. The van der Waals surface area contributed by atoms with Gasteiger partial charge >= 0.3 is 0 Å². The number of hydrogen-bond donors (Lipinski definition) is 1. The van der Waals surface area contributed by atoms with Crippen LogP contribution >= 0.6 is 11.3 Å². The second kappa shape index (κ2) is 7.20. The molecule has 0 atom stereocenters. The van der Waals surface area contributed by atoms with E-state index >= 15 is 0 Å². The normalized spacial score (nSPS) is 10.8. The summed E-state index contributed by atoms with van der Waals surface area (Å²) in [6.45, 7) is 0. The number of methoxy groups -OCH3 is 1. The molecule has 0 saturated carbocycles. The Kier molecular flexibility index (Phi) is 4.60. The number of rotatable bonds is 5. The fourth-order valence-corrected chi connectivity index (χ4v) is 3.73. The van der Waals surface area contributed by atoms with Gasteiger partial charge in [-0.1, -0.05) is 12.1 Å². The molecule has 27 heavy (non-hydrogen) atoms. The first-order valence-corrected chi connectivity index (χ1v) is 9.30. The molecule has 3 aromatic heterocycles. The Morgan fingerprint density at radius 3 is 2.48 bits per heavy atom. The second-order valence-corrected chi connectivity index (χ2v) is 7.06. The zero-order valence-corrected chi connectivity index (χ0v) is 16.1. The SMILES string of the molecule is COc1ccc(-c2csc3ncnc(Nc4ccc(N(C)C)nc4)c23)cc1. The fourth-order valence-electron chi connectivity index (χ4n) is 2.81. The van der Waals surface area contributed by atoms with Crippen LogP contribution in [0.4, 0.5) is 17.3 Å². The highest BCUT2D eigenvalue weighted by Crippen LogP contribution is 2.37. The van der Waals surface area contributed by atoms with Crippen LogP contribution in [0.2, 0.25) is 0 Å². The van der Waals surface area contributed by atoms with Crippen molar-refractivity contribution in [2.24, 2.45) is 0 Å². The number of benzene rings is 1. The van der Waals surface area contributed by atoms with E-state index in [1.54, 1.807) is 24.8 Å². The van der Waals surface area contributed by atoms with Gasteiger partial charge in [0.25, 0.3) is 0 Å². The van der Waals surface area contributed by atoms with Gasteiger partial charge in [-0.25, -0.2) is 15.0 Å². The van der Waals surface area contributed by atoms with Crippen LogP contribution in [0.3, 0.4) is 0 Å². The first-order chi connectivity index (χ1) is 13.2. The van der Waals surface area contributed by atoms with E-state index in [2.05, 4.69) is 25.6 Å². The van der Waals surface area contributed by atoms with Gasteiger partial charge in [0.05, 0.1) is 24.4 Å². The number of nitrogens with zero attached hydrogens (tertiary/aromatic N) is 4. The van der Waals surface area contributed by atoms with Crippen molar-refractivity contribution in [3.63, 3.8) is 0 Å². The molecule has 3 heterocycles. The molecule has 0 radical (unpaired) electrons. The van der Waals surface area contributed by atoms with E-state index in [4.69, 9.17) is 4.74 Å². The molecule has 0 aliphatic heterocycles. The van der Waals surface area contributed by atoms with Gasteiger partial charge in [0.2, 0.25) is 0 Å². The second-order valence-electron chi connectivity index (χ2n) is 6.20. The number of fused-ring (bicyclic) bond motifs is 1. The minimum atomic E-state index is 0.770. The summed E-state index contributed by atoms with van der Waals surface area (Å²) in [5, 5.41) is 6.50. The number of aromatic nitrogens is 3. The topological polar surface area (TPSA) is 63.2 Å². The van der Waals surface area contributed by atoms with Crippen molar-refractivity contribution in [2.75, 3.05) is 31.4 Å². The van der Waals surface area contributed by atoms with Crippen molar-refractivity contribution in [2.45, 2.75) is 0 Å². The maximum absolute atomic E-state index is 5.26. The Hall–Kier alpha value is -3.19. The third kappa shape index (κ3) is 3.41. The van der Waals surface area contributed by atoms with Crippen molar-refractivity contribution < 1.29 is 4.74 Å². The lowest BCUT2D eigenvalue weighted by Crippen LogP contribution is -2.10. The van der Waals surface area contributed by atoms with Gasteiger partial charge in [-0.15, -0.1) is 11.3 Å².